The first-order valence-corrected chi connectivity index (χ1v) is 5.65. The average molecular weight is 289 g/mol. The van der Waals surface area contributed by atoms with Crippen LogP contribution in [0.3, 0.4) is 0 Å². The minimum atomic E-state index is -5.00. The summed E-state index contributed by atoms with van der Waals surface area (Å²) >= 11 is 0. The molecule has 0 fully saturated rings. The Morgan fingerprint density at radius 2 is 2.00 bits per heavy atom. The van der Waals surface area contributed by atoms with Crippen molar-refractivity contribution in [3.05, 3.63) is 29.3 Å². The molecule has 0 saturated carbocycles. The topological polar surface area (TPSA) is 66.8 Å². The third-order valence-corrected chi connectivity index (χ3v) is 2.86. The van der Waals surface area contributed by atoms with Crippen molar-refractivity contribution >= 4 is 11.9 Å². The second-order valence-electron chi connectivity index (χ2n) is 4.16. The third kappa shape index (κ3) is 2.68. The van der Waals surface area contributed by atoms with Crippen LogP contribution >= 0.6 is 0 Å². The van der Waals surface area contributed by atoms with Crippen LogP contribution in [-0.4, -0.2) is 41.2 Å². The standard InChI is InChI=1S/C12H10F3NO4/c13-12(14,15)11(19)16-4-5-20-9-3-1-2-7(10(17)18)8(9)6-16/h1-3H,4-6H2,(H,17,18). The molecule has 0 atom stereocenters. The lowest BCUT2D eigenvalue weighted by molar-refractivity contribution is -0.186. The Kier molecular flexibility index (Phi) is 3.56. The van der Waals surface area contributed by atoms with Crippen molar-refractivity contribution in [3.63, 3.8) is 0 Å². The second kappa shape index (κ2) is 5.03. The van der Waals surface area contributed by atoms with Gasteiger partial charge in [0.25, 0.3) is 0 Å². The number of fused-ring (bicyclic) bond motifs is 1. The zero-order valence-corrected chi connectivity index (χ0v) is 10.1. The van der Waals surface area contributed by atoms with Crippen LogP contribution in [0.5, 0.6) is 5.75 Å². The number of alkyl halides is 3. The number of benzene rings is 1. The lowest BCUT2D eigenvalue weighted by atomic mass is 10.1. The van der Waals surface area contributed by atoms with E-state index in [1.807, 2.05) is 0 Å². The average Bonchev–Trinajstić information content (AvgIpc) is 2.57. The Morgan fingerprint density at radius 1 is 1.30 bits per heavy atom. The van der Waals surface area contributed by atoms with Gasteiger partial charge in [-0.1, -0.05) is 6.07 Å². The van der Waals surface area contributed by atoms with E-state index in [0.717, 1.165) is 0 Å². The van der Waals surface area contributed by atoms with E-state index in [0.29, 0.717) is 4.90 Å². The Bertz CT molecular complexity index is 556. The lowest BCUT2D eigenvalue weighted by Gasteiger charge is -2.21. The van der Waals surface area contributed by atoms with Crippen LogP contribution in [0.15, 0.2) is 18.2 Å². The number of carbonyl (C=O) groups excluding carboxylic acids is 1. The Labute approximate surface area is 111 Å². The van der Waals surface area contributed by atoms with Crippen LogP contribution < -0.4 is 4.74 Å². The monoisotopic (exact) mass is 289 g/mol. The minimum absolute atomic E-state index is 0.0649. The summed E-state index contributed by atoms with van der Waals surface area (Å²) < 4.78 is 42.6. The van der Waals surface area contributed by atoms with Crippen LogP contribution in [0.2, 0.25) is 0 Å². The molecule has 0 saturated heterocycles. The molecule has 0 radical (unpaired) electrons. The molecule has 1 heterocycles. The molecule has 0 spiro atoms. The van der Waals surface area contributed by atoms with E-state index >= 15 is 0 Å². The van der Waals surface area contributed by atoms with Crippen LogP contribution in [0.1, 0.15) is 15.9 Å². The molecule has 108 valence electrons. The van der Waals surface area contributed by atoms with Gasteiger partial charge >= 0.3 is 18.1 Å². The van der Waals surface area contributed by atoms with Gasteiger partial charge in [0, 0.05) is 5.56 Å². The SMILES string of the molecule is O=C(O)c1cccc2c1CN(C(=O)C(F)(F)F)CCO2. The summed E-state index contributed by atoms with van der Waals surface area (Å²) in [5, 5.41) is 9.04. The number of rotatable bonds is 1. The number of ether oxygens (including phenoxy) is 1. The molecule has 1 aliphatic rings. The molecule has 5 nitrogen and oxygen atoms in total. The molecule has 0 bridgehead atoms. The van der Waals surface area contributed by atoms with E-state index < -0.39 is 24.6 Å². The molecule has 2 rings (SSSR count). The summed E-state index contributed by atoms with van der Waals surface area (Å²) in [4.78, 5) is 22.9. The first-order valence-electron chi connectivity index (χ1n) is 5.65. The number of halogens is 3. The van der Waals surface area contributed by atoms with E-state index in [4.69, 9.17) is 9.84 Å². The van der Waals surface area contributed by atoms with Crippen molar-refractivity contribution in [1.29, 1.82) is 0 Å². The van der Waals surface area contributed by atoms with Gasteiger partial charge in [0.15, 0.2) is 0 Å². The number of carboxylic acids is 1. The van der Waals surface area contributed by atoms with E-state index in [-0.39, 0.29) is 30.0 Å². The number of nitrogens with zero attached hydrogens (tertiary/aromatic N) is 1. The van der Waals surface area contributed by atoms with Crippen molar-refractivity contribution in [2.45, 2.75) is 12.7 Å². The highest BCUT2D eigenvalue weighted by atomic mass is 19.4. The van der Waals surface area contributed by atoms with Crippen molar-refractivity contribution in [2.75, 3.05) is 13.2 Å². The van der Waals surface area contributed by atoms with Gasteiger partial charge in [0.2, 0.25) is 0 Å². The summed E-state index contributed by atoms with van der Waals surface area (Å²) in [5.74, 6) is -3.11. The molecule has 1 N–H and O–H groups in total. The van der Waals surface area contributed by atoms with Gasteiger partial charge in [-0.25, -0.2) is 4.79 Å². The highest BCUT2D eigenvalue weighted by Crippen LogP contribution is 2.28. The van der Waals surface area contributed by atoms with Crippen LogP contribution in [0.4, 0.5) is 13.2 Å². The molecule has 1 amide bonds. The fourth-order valence-electron chi connectivity index (χ4n) is 1.95. The molecule has 8 heteroatoms. The van der Waals surface area contributed by atoms with Gasteiger partial charge in [0.05, 0.1) is 18.7 Å². The number of hydrogen-bond donors (Lipinski definition) is 1. The summed E-state index contributed by atoms with van der Waals surface area (Å²) in [5.41, 5.74) is -0.112. The van der Waals surface area contributed by atoms with Crippen LogP contribution in [0.25, 0.3) is 0 Å². The van der Waals surface area contributed by atoms with Gasteiger partial charge in [-0.2, -0.15) is 13.2 Å². The number of carboxylic acid groups (broad SMARTS) is 1. The van der Waals surface area contributed by atoms with Crippen molar-refractivity contribution in [1.82, 2.24) is 4.90 Å². The summed E-state index contributed by atoms with van der Waals surface area (Å²) in [6.45, 7) is -0.833. The van der Waals surface area contributed by atoms with E-state index in [1.165, 1.54) is 18.2 Å². The van der Waals surface area contributed by atoms with E-state index in [9.17, 15) is 22.8 Å². The Balaban J connectivity index is 2.38. The fraction of sp³-hybridized carbons (Fsp3) is 0.333. The number of carbonyl (C=O) groups is 2. The quantitative estimate of drug-likeness (QED) is 0.854. The second-order valence-corrected chi connectivity index (χ2v) is 4.16. The summed E-state index contributed by atoms with van der Waals surface area (Å²) in [7, 11) is 0. The number of amides is 1. The van der Waals surface area contributed by atoms with Crippen LogP contribution in [0, 0.1) is 0 Å². The maximum Gasteiger partial charge on any atom is 0.471 e. The normalized spacial score (nSPS) is 15.1. The first-order chi connectivity index (χ1) is 9.30. The summed E-state index contributed by atoms with van der Waals surface area (Å²) in [6, 6.07) is 4.15. The van der Waals surface area contributed by atoms with Gasteiger partial charge in [-0.05, 0) is 12.1 Å². The highest BCUT2D eigenvalue weighted by Gasteiger charge is 2.43. The van der Waals surface area contributed by atoms with E-state index in [1.54, 1.807) is 0 Å². The zero-order valence-electron chi connectivity index (χ0n) is 10.1. The maximum absolute atomic E-state index is 12.5. The molecule has 0 aromatic heterocycles. The summed E-state index contributed by atoms with van der Waals surface area (Å²) in [6.07, 6.45) is -5.00. The predicted octanol–water partition coefficient (Wildman–Crippen LogP) is 1.67. The highest BCUT2D eigenvalue weighted by molar-refractivity contribution is 5.90. The number of aromatic carboxylic acids is 1. The molecule has 20 heavy (non-hydrogen) atoms. The fourth-order valence-corrected chi connectivity index (χ4v) is 1.95. The zero-order chi connectivity index (χ0) is 14.9. The largest absolute Gasteiger partial charge is 0.491 e. The predicted molar refractivity (Wildman–Crippen MR) is 60.4 cm³/mol. The Morgan fingerprint density at radius 3 is 2.60 bits per heavy atom. The molecule has 0 aliphatic carbocycles. The number of hydrogen-bond acceptors (Lipinski definition) is 3. The van der Waals surface area contributed by atoms with Gasteiger partial charge < -0.3 is 14.7 Å². The van der Waals surface area contributed by atoms with Gasteiger partial charge in [-0.15, -0.1) is 0 Å². The maximum atomic E-state index is 12.5. The Hall–Kier alpha value is -2.25. The van der Waals surface area contributed by atoms with Crippen molar-refractivity contribution in [2.24, 2.45) is 0 Å². The van der Waals surface area contributed by atoms with Crippen molar-refractivity contribution < 1.29 is 32.6 Å². The molecular formula is C12H10F3NO4. The smallest absolute Gasteiger partial charge is 0.471 e. The molecule has 0 unspecified atom stereocenters. The first kappa shape index (κ1) is 14.2. The molecule has 1 aliphatic heterocycles. The molecule has 1 aromatic carbocycles. The molecule has 1 aromatic rings. The minimum Gasteiger partial charge on any atom is -0.491 e. The van der Waals surface area contributed by atoms with Crippen LogP contribution in [-0.2, 0) is 11.3 Å². The lowest BCUT2D eigenvalue weighted by Crippen LogP contribution is -2.41. The third-order valence-electron chi connectivity index (χ3n) is 2.86. The van der Waals surface area contributed by atoms with Gasteiger partial charge in [0.1, 0.15) is 12.4 Å². The molecular weight excluding hydrogens is 279 g/mol. The van der Waals surface area contributed by atoms with Gasteiger partial charge in [-0.3, -0.25) is 4.79 Å². The van der Waals surface area contributed by atoms with E-state index in [2.05, 4.69) is 0 Å². The van der Waals surface area contributed by atoms with Crippen molar-refractivity contribution in [3.8, 4) is 5.75 Å².